The summed E-state index contributed by atoms with van der Waals surface area (Å²) in [5, 5.41) is 0. The molecule has 0 aromatic heterocycles. The average Bonchev–Trinajstić information content (AvgIpc) is 2.66. The topological polar surface area (TPSA) is 18.5 Å². The van der Waals surface area contributed by atoms with Crippen LogP contribution in [0.2, 0.25) is 0 Å². The molecule has 222 valence electrons. The van der Waals surface area contributed by atoms with Crippen molar-refractivity contribution < 1.29 is 9.47 Å². The van der Waals surface area contributed by atoms with Gasteiger partial charge in [-0.3, -0.25) is 0 Å². The predicted octanol–water partition coefficient (Wildman–Crippen LogP) is 11.7. The first-order chi connectivity index (χ1) is 15.6. The minimum Gasteiger partial charge on any atom is -0.384 e. The van der Waals surface area contributed by atoms with E-state index in [4.69, 9.17) is 9.47 Å². The number of methoxy groups -OCH3 is 1. The number of hydrogen-bond acceptors (Lipinski definition) is 2. The summed E-state index contributed by atoms with van der Waals surface area (Å²) in [6, 6.07) is 0. The van der Waals surface area contributed by atoms with Crippen LogP contribution in [0.25, 0.3) is 0 Å². The molecule has 0 aliphatic carbocycles. The lowest BCUT2D eigenvalue weighted by molar-refractivity contribution is 0.122. The van der Waals surface area contributed by atoms with E-state index in [-0.39, 0.29) is 0 Å². The van der Waals surface area contributed by atoms with Gasteiger partial charge in [-0.25, -0.2) is 0 Å². The second-order valence-corrected chi connectivity index (χ2v) is 13.4. The Bertz CT molecular complexity index is 312. The van der Waals surface area contributed by atoms with Gasteiger partial charge >= 0.3 is 0 Å². The standard InChI is InChI=1S/C7H16.C6H14O.C6H14.C5H12O.C5H12.C4H10/c1-6(2)7(3,4)5;1-4-7-5-6(2)3;1-5(2)6(3)4;1-5(2)4-6-3;1-4-5(2)3;1-4(2)3/h6H,1-5H3;6H,4-5H2,1-3H3;5-6H,1-4H3;5H,4H2,1-3H3;5H,4H2,1-3H3;4H,1-3H3. The van der Waals surface area contributed by atoms with Crippen molar-refractivity contribution in [1.29, 1.82) is 0 Å². The summed E-state index contributed by atoms with van der Waals surface area (Å²) in [6.07, 6.45) is 1.31. The van der Waals surface area contributed by atoms with E-state index in [1.54, 1.807) is 7.11 Å². The van der Waals surface area contributed by atoms with Crippen molar-refractivity contribution in [3.63, 3.8) is 0 Å². The summed E-state index contributed by atoms with van der Waals surface area (Å²) in [7, 11) is 1.72. The summed E-state index contributed by atoms with van der Waals surface area (Å²) in [4.78, 5) is 0. The van der Waals surface area contributed by atoms with Gasteiger partial charge in [0.15, 0.2) is 0 Å². The van der Waals surface area contributed by atoms with Gasteiger partial charge in [-0.1, -0.05) is 138 Å². The second kappa shape index (κ2) is 33.9. The molecule has 2 nitrogen and oxygen atoms in total. The first kappa shape index (κ1) is 48.0. The highest BCUT2D eigenvalue weighted by Gasteiger charge is 2.13. The third-order valence-electron chi connectivity index (χ3n) is 5.04. The third kappa shape index (κ3) is 96.5. The Morgan fingerprint density at radius 3 is 0.829 bits per heavy atom. The highest BCUT2D eigenvalue weighted by molar-refractivity contribution is 4.64. The van der Waals surface area contributed by atoms with Crippen molar-refractivity contribution in [2.45, 2.75) is 145 Å². The van der Waals surface area contributed by atoms with E-state index in [9.17, 15) is 0 Å². The van der Waals surface area contributed by atoms with Crippen LogP contribution in [0.5, 0.6) is 0 Å². The minimum atomic E-state index is 0.500. The van der Waals surface area contributed by atoms with Crippen molar-refractivity contribution in [2.75, 3.05) is 26.9 Å². The largest absolute Gasteiger partial charge is 0.384 e. The van der Waals surface area contributed by atoms with Crippen molar-refractivity contribution in [3.8, 4) is 0 Å². The molecule has 0 atom stereocenters. The summed E-state index contributed by atoms with van der Waals surface area (Å²) >= 11 is 0. The van der Waals surface area contributed by atoms with Gasteiger partial charge in [0.2, 0.25) is 0 Å². The molecule has 0 amide bonds. The van der Waals surface area contributed by atoms with Crippen LogP contribution < -0.4 is 0 Å². The summed E-state index contributed by atoms with van der Waals surface area (Å²) in [5.74, 6) is 5.58. The maximum absolute atomic E-state index is 5.09. The van der Waals surface area contributed by atoms with E-state index in [2.05, 4.69) is 132 Å². The normalized spacial score (nSPS) is 10.6. The van der Waals surface area contributed by atoms with Crippen molar-refractivity contribution in [1.82, 2.24) is 0 Å². The van der Waals surface area contributed by atoms with Crippen LogP contribution in [0.15, 0.2) is 0 Å². The Hall–Kier alpha value is -0.0800. The predicted molar refractivity (Wildman–Crippen MR) is 168 cm³/mol. The average molecular weight is 507 g/mol. The Labute approximate surface area is 228 Å². The fourth-order valence-corrected chi connectivity index (χ4v) is 0.687. The fraction of sp³-hybridized carbons (Fsp3) is 1.00. The van der Waals surface area contributed by atoms with Gasteiger partial charge in [0.05, 0.1) is 0 Å². The highest BCUT2D eigenvalue weighted by Crippen LogP contribution is 2.23. The molecule has 0 rings (SSSR count). The molecule has 0 aromatic rings. The van der Waals surface area contributed by atoms with Gasteiger partial charge in [0.1, 0.15) is 0 Å². The monoisotopic (exact) mass is 507 g/mol. The van der Waals surface area contributed by atoms with E-state index in [1.165, 1.54) is 6.42 Å². The summed E-state index contributed by atoms with van der Waals surface area (Å²) < 4.78 is 9.90. The van der Waals surface area contributed by atoms with E-state index in [1.807, 2.05) is 6.92 Å². The molecule has 2 heteroatoms. The smallest absolute Gasteiger partial charge is 0.0488 e. The number of hydrogen-bond donors (Lipinski definition) is 0. The molecule has 0 bridgehead atoms. The van der Waals surface area contributed by atoms with Crippen LogP contribution in [0.3, 0.4) is 0 Å². The van der Waals surface area contributed by atoms with Crippen LogP contribution in [-0.4, -0.2) is 26.9 Å². The van der Waals surface area contributed by atoms with Crippen molar-refractivity contribution >= 4 is 0 Å². The molecule has 0 saturated carbocycles. The molecule has 0 N–H and O–H groups in total. The Kier molecular flexibility index (Phi) is 46.6. The Balaban J connectivity index is -0.0000000728. The quantitative estimate of drug-likeness (QED) is 0.342. The number of rotatable bonds is 7. The van der Waals surface area contributed by atoms with Crippen LogP contribution in [0, 0.1) is 46.8 Å². The van der Waals surface area contributed by atoms with Gasteiger partial charge < -0.3 is 9.47 Å². The Morgan fingerprint density at radius 2 is 0.800 bits per heavy atom. The highest BCUT2D eigenvalue weighted by atomic mass is 16.5. The van der Waals surface area contributed by atoms with Crippen LogP contribution in [0.1, 0.15) is 145 Å². The van der Waals surface area contributed by atoms with Gasteiger partial charge in [-0.15, -0.1) is 0 Å². The maximum atomic E-state index is 5.09. The zero-order valence-electron chi connectivity index (χ0n) is 29.2. The molecular weight excluding hydrogens is 428 g/mol. The lowest BCUT2D eigenvalue weighted by Gasteiger charge is -2.22. The summed E-state index contributed by atoms with van der Waals surface area (Å²) in [5.41, 5.74) is 0.500. The molecule has 0 heterocycles. The van der Waals surface area contributed by atoms with Gasteiger partial charge in [-0.2, -0.15) is 0 Å². The molecule has 0 spiro atoms. The van der Waals surface area contributed by atoms with Crippen LogP contribution >= 0.6 is 0 Å². The van der Waals surface area contributed by atoms with Gasteiger partial charge in [-0.05, 0) is 53.8 Å². The van der Waals surface area contributed by atoms with E-state index >= 15 is 0 Å². The fourth-order valence-electron chi connectivity index (χ4n) is 0.687. The first-order valence-corrected chi connectivity index (χ1v) is 14.7. The summed E-state index contributed by atoms with van der Waals surface area (Å²) in [6.45, 7) is 46.6. The minimum absolute atomic E-state index is 0.500. The zero-order chi connectivity index (χ0) is 29.8. The van der Waals surface area contributed by atoms with E-state index in [0.717, 1.165) is 49.4 Å². The van der Waals surface area contributed by atoms with Gasteiger partial charge in [0, 0.05) is 26.9 Å². The van der Waals surface area contributed by atoms with Crippen LogP contribution in [0.4, 0.5) is 0 Å². The number of ether oxygens (including phenoxy) is 2. The first-order valence-electron chi connectivity index (χ1n) is 14.7. The lowest BCUT2D eigenvalue weighted by atomic mass is 9.84. The molecule has 0 aliphatic heterocycles. The maximum Gasteiger partial charge on any atom is 0.0488 e. The molecule has 0 unspecified atom stereocenters. The lowest BCUT2D eigenvalue weighted by Crippen LogP contribution is -2.12. The molecule has 0 fully saturated rings. The second-order valence-electron chi connectivity index (χ2n) is 13.4. The molecule has 0 saturated heterocycles. The molecule has 35 heavy (non-hydrogen) atoms. The van der Waals surface area contributed by atoms with Crippen molar-refractivity contribution in [2.24, 2.45) is 46.8 Å². The zero-order valence-corrected chi connectivity index (χ0v) is 29.2. The van der Waals surface area contributed by atoms with Crippen LogP contribution in [-0.2, 0) is 9.47 Å². The van der Waals surface area contributed by atoms with E-state index in [0.29, 0.717) is 17.3 Å². The SMILES string of the molecule is CC(C)C.CC(C)C(C)(C)C.CC(C)C(C)C.CCC(C)C.CCOCC(C)C.COCC(C)C. The molecule has 0 aromatic carbocycles. The third-order valence-corrected chi connectivity index (χ3v) is 5.04. The van der Waals surface area contributed by atoms with Gasteiger partial charge in [0.25, 0.3) is 0 Å². The Morgan fingerprint density at radius 1 is 0.543 bits per heavy atom. The molecule has 0 aliphatic rings. The molecular formula is C33H78O2. The molecule has 0 radical (unpaired) electrons. The van der Waals surface area contributed by atoms with E-state index < -0.39 is 0 Å². The van der Waals surface area contributed by atoms with Crippen molar-refractivity contribution in [3.05, 3.63) is 0 Å².